The highest BCUT2D eigenvalue weighted by Crippen LogP contribution is 2.35. The van der Waals surface area contributed by atoms with Gasteiger partial charge in [-0.2, -0.15) is 23.5 Å². The highest BCUT2D eigenvalue weighted by molar-refractivity contribution is 6.04. The van der Waals surface area contributed by atoms with Crippen LogP contribution in [0.5, 0.6) is 0 Å². The van der Waals surface area contributed by atoms with Crippen LogP contribution in [0.25, 0.3) is 5.82 Å². The summed E-state index contributed by atoms with van der Waals surface area (Å²) in [6.45, 7) is 1.61. The number of aliphatic hydroxyl groups is 1. The van der Waals surface area contributed by atoms with Crippen LogP contribution < -0.4 is 5.32 Å². The maximum absolute atomic E-state index is 12.8. The Bertz CT molecular complexity index is 1220. The third kappa shape index (κ3) is 4.77. The first-order valence-corrected chi connectivity index (χ1v) is 10.6. The molecule has 3 atom stereocenters. The number of hydrogen-bond donors (Lipinski definition) is 2. The molecule has 0 bridgehead atoms. The zero-order chi connectivity index (χ0) is 24.5. The van der Waals surface area contributed by atoms with Gasteiger partial charge in [0.25, 0.3) is 5.91 Å². The average Bonchev–Trinajstić information content (AvgIpc) is 3.21. The van der Waals surface area contributed by atoms with Crippen LogP contribution in [-0.4, -0.2) is 36.9 Å². The lowest BCUT2D eigenvalue weighted by Gasteiger charge is -2.29. The molecule has 3 aromatic heterocycles. The number of aromatic nitrogens is 4. The number of carbonyl (C=O) groups excluding carboxylic acids is 1. The third-order valence-corrected chi connectivity index (χ3v) is 5.97. The minimum Gasteiger partial charge on any atom is -0.392 e. The largest absolute Gasteiger partial charge is 0.417 e. The molecule has 3 aromatic rings. The molecule has 8 nitrogen and oxygen atoms in total. The van der Waals surface area contributed by atoms with Crippen LogP contribution in [0.2, 0.25) is 0 Å². The number of nitriles is 1. The van der Waals surface area contributed by atoms with Crippen molar-refractivity contribution >= 4 is 11.6 Å². The number of anilines is 1. The summed E-state index contributed by atoms with van der Waals surface area (Å²) in [6.07, 6.45) is 0.186. The van der Waals surface area contributed by atoms with E-state index in [4.69, 9.17) is 0 Å². The van der Waals surface area contributed by atoms with Crippen molar-refractivity contribution in [3.8, 4) is 11.9 Å². The average molecular weight is 470 g/mol. The number of alkyl halides is 3. The first-order valence-electron chi connectivity index (χ1n) is 10.6. The molecule has 0 aliphatic heterocycles. The van der Waals surface area contributed by atoms with Gasteiger partial charge in [0.2, 0.25) is 0 Å². The molecule has 0 spiro atoms. The zero-order valence-corrected chi connectivity index (χ0v) is 18.1. The van der Waals surface area contributed by atoms with Crippen LogP contribution in [0, 0.1) is 24.2 Å². The first kappa shape index (κ1) is 23.4. The van der Waals surface area contributed by atoms with Gasteiger partial charge in [-0.15, -0.1) is 0 Å². The molecule has 1 fully saturated rings. The Kier molecular flexibility index (Phi) is 6.34. The summed E-state index contributed by atoms with van der Waals surface area (Å²) in [4.78, 5) is 20.9. The SMILES string of the molecule is Cc1c(C(=O)Nc2ccc(C3CC(C#N)CCC3O)nc2)cnn1-c1ccc(C(F)(F)F)cn1. The number of halogens is 3. The van der Waals surface area contributed by atoms with Crippen molar-refractivity contribution in [1.29, 1.82) is 5.26 Å². The normalized spacial score (nSPS) is 20.5. The highest BCUT2D eigenvalue weighted by Gasteiger charge is 2.32. The summed E-state index contributed by atoms with van der Waals surface area (Å²) in [5.74, 6) is -0.669. The topological polar surface area (TPSA) is 117 Å². The standard InChI is InChI=1S/C23H21F3N6O2/c1-13-18(12-30-32(13)21-7-3-15(10-29-21)23(24,25)26)22(34)31-16-4-5-19(28-11-16)17-8-14(9-27)2-6-20(17)33/h3-5,7,10-12,14,17,20,33H,2,6,8H2,1H3,(H,31,34). The Hall–Kier alpha value is -3.78. The minimum absolute atomic E-state index is 0.117. The van der Waals surface area contributed by atoms with Gasteiger partial charge in [-0.1, -0.05) is 0 Å². The van der Waals surface area contributed by atoms with E-state index in [1.54, 1.807) is 19.1 Å². The molecule has 176 valence electrons. The number of amides is 1. The minimum atomic E-state index is -4.49. The van der Waals surface area contributed by atoms with E-state index in [0.717, 1.165) is 6.07 Å². The lowest BCUT2D eigenvalue weighted by Crippen LogP contribution is -2.27. The third-order valence-electron chi connectivity index (χ3n) is 5.97. The van der Waals surface area contributed by atoms with Crippen molar-refractivity contribution in [3.05, 3.63) is 65.4 Å². The molecule has 3 heterocycles. The van der Waals surface area contributed by atoms with Gasteiger partial charge in [0.1, 0.15) is 0 Å². The molecular formula is C23H21F3N6O2. The molecule has 0 saturated heterocycles. The second-order valence-corrected chi connectivity index (χ2v) is 8.20. The molecule has 4 rings (SSSR count). The Morgan fingerprint density at radius 2 is 1.97 bits per heavy atom. The van der Waals surface area contributed by atoms with E-state index in [1.165, 1.54) is 23.1 Å². The van der Waals surface area contributed by atoms with Gasteiger partial charge in [-0.25, -0.2) is 9.67 Å². The molecular weight excluding hydrogens is 449 g/mol. The van der Waals surface area contributed by atoms with Crippen molar-refractivity contribution in [2.45, 2.75) is 44.4 Å². The predicted molar refractivity (Wildman–Crippen MR) is 115 cm³/mol. The Labute approximate surface area is 193 Å². The van der Waals surface area contributed by atoms with Crippen LogP contribution in [-0.2, 0) is 6.18 Å². The van der Waals surface area contributed by atoms with Crippen LogP contribution in [0.1, 0.15) is 52.5 Å². The Balaban J connectivity index is 1.46. The molecule has 3 unspecified atom stereocenters. The maximum Gasteiger partial charge on any atom is 0.417 e. The van der Waals surface area contributed by atoms with Crippen LogP contribution >= 0.6 is 0 Å². The summed E-state index contributed by atoms with van der Waals surface area (Å²) < 4.78 is 39.6. The second kappa shape index (κ2) is 9.23. The predicted octanol–water partition coefficient (Wildman–Crippen LogP) is 4.01. The zero-order valence-electron chi connectivity index (χ0n) is 18.1. The molecule has 1 amide bonds. The van der Waals surface area contributed by atoms with Gasteiger partial charge in [0.15, 0.2) is 5.82 Å². The number of pyridine rings is 2. The van der Waals surface area contributed by atoms with E-state index in [1.807, 2.05) is 0 Å². The van der Waals surface area contributed by atoms with E-state index in [0.29, 0.717) is 42.5 Å². The number of aliphatic hydroxyl groups excluding tert-OH is 1. The molecule has 11 heteroatoms. The first-order chi connectivity index (χ1) is 16.2. The lowest BCUT2D eigenvalue weighted by atomic mass is 9.78. The summed E-state index contributed by atoms with van der Waals surface area (Å²) in [5, 5.41) is 26.3. The maximum atomic E-state index is 12.8. The van der Waals surface area contributed by atoms with Gasteiger partial charge < -0.3 is 10.4 Å². The van der Waals surface area contributed by atoms with Crippen molar-refractivity contribution in [3.63, 3.8) is 0 Å². The van der Waals surface area contributed by atoms with E-state index in [-0.39, 0.29) is 23.2 Å². The fourth-order valence-corrected chi connectivity index (χ4v) is 4.03. The fraction of sp³-hybridized carbons (Fsp3) is 0.348. The van der Waals surface area contributed by atoms with E-state index >= 15 is 0 Å². The summed E-state index contributed by atoms with van der Waals surface area (Å²) in [7, 11) is 0. The van der Waals surface area contributed by atoms with Crippen LogP contribution in [0.3, 0.4) is 0 Å². The highest BCUT2D eigenvalue weighted by atomic mass is 19.4. The number of carbonyl (C=O) groups is 1. The van der Waals surface area contributed by atoms with E-state index in [2.05, 4.69) is 26.5 Å². The molecule has 0 aromatic carbocycles. The van der Waals surface area contributed by atoms with Crippen molar-refractivity contribution < 1.29 is 23.1 Å². The molecule has 1 saturated carbocycles. The summed E-state index contributed by atoms with van der Waals surface area (Å²) >= 11 is 0. The molecule has 2 N–H and O–H groups in total. The van der Waals surface area contributed by atoms with Crippen molar-refractivity contribution in [1.82, 2.24) is 19.7 Å². The van der Waals surface area contributed by atoms with Crippen molar-refractivity contribution in [2.75, 3.05) is 5.32 Å². The lowest BCUT2D eigenvalue weighted by molar-refractivity contribution is -0.137. The number of hydrogen-bond acceptors (Lipinski definition) is 6. The molecule has 34 heavy (non-hydrogen) atoms. The Morgan fingerprint density at radius 3 is 2.59 bits per heavy atom. The van der Waals surface area contributed by atoms with E-state index in [9.17, 15) is 28.3 Å². The van der Waals surface area contributed by atoms with Gasteiger partial charge in [-0.05, 0) is 50.5 Å². The monoisotopic (exact) mass is 470 g/mol. The molecule has 1 aliphatic rings. The quantitative estimate of drug-likeness (QED) is 0.595. The van der Waals surface area contributed by atoms with Gasteiger partial charge in [0, 0.05) is 23.7 Å². The summed E-state index contributed by atoms with van der Waals surface area (Å²) in [6, 6.07) is 7.72. The number of rotatable bonds is 4. The smallest absolute Gasteiger partial charge is 0.392 e. The van der Waals surface area contributed by atoms with Gasteiger partial charge >= 0.3 is 6.18 Å². The number of nitrogens with zero attached hydrogens (tertiary/aromatic N) is 5. The molecule has 0 radical (unpaired) electrons. The van der Waals surface area contributed by atoms with Gasteiger partial charge in [-0.3, -0.25) is 9.78 Å². The number of nitrogens with one attached hydrogen (secondary N) is 1. The summed E-state index contributed by atoms with van der Waals surface area (Å²) in [5.41, 5.74) is 0.838. The van der Waals surface area contributed by atoms with Crippen LogP contribution in [0.15, 0.2) is 42.9 Å². The Morgan fingerprint density at radius 1 is 1.18 bits per heavy atom. The molecule has 1 aliphatic carbocycles. The van der Waals surface area contributed by atoms with Crippen LogP contribution in [0.4, 0.5) is 18.9 Å². The van der Waals surface area contributed by atoms with Gasteiger partial charge in [0.05, 0.1) is 47.1 Å². The second-order valence-electron chi connectivity index (χ2n) is 8.20. The van der Waals surface area contributed by atoms with Crippen molar-refractivity contribution in [2.24, 2.45) is 5.92 Å². The fourth-order valence-electron chi connectivity index (χ4n) is 4.03. The van der Waals surface area contributed by atoms with E-state index < -0.39 is 23.8 Å².